The molecule has 1 N–H and O–H groups in total. The predicted molar refractivity (Wildman–Crippen MR) is 56.4 cm³/mol. The fourth-order valence-electron chi connectivity index (χ4n) is 0.817. The first-order valence-corrected chi connectivity index (χ1v) is 5.14. The van der Waals surface area contributed by atoms with E-state index >= 15 is 0 Å². The van der Waals surface area contributed by atoms with Crippen molar-refractivity contribution in [3.63, 3.8) is 0 Å². The molecule has 4 nitrogen and oxygen atoms in total. The molecule has 1 heterocycles. The molecule has 1 rings (SSSR count). The molecule has 0 bridgehead atoms. The Labute approximate surface area is 89.8 Å². The zero-order valence-electron chi connectivity index (χ0n) is 7.35. The van der Waals surface area contributed by atoms with Gasteiger partial charge in [0.25, 0.3) is 0 Å². The van der Waals surface area contributed by atoms with Gasteiger partial charge >= 0.3 is 5.97 Å². The normalized spacial score (nSPS) is 10.6. The maximum atomic E-state index is 10.4. The first kappa shape index (κ1) is 10.8. The van der Waals surface area contributed by atoms with Crippen molar-refractivity contribution in [2.75, 3.05) is 5.33 Å². The van der Waals surface area contributed by atoms with Gasteiger partial charge in [0, 0.05) is 23.3 Å². The van der Waals surface area contributed by atoms with E-state index in [1.54, 1.807) is 0 Å². The maximum Gasteiger partial charge on any atom is 0.373 e. The summed E-state index contributed by atoms with van der Waals surface area (Å²) in [6.45, 7) is 0. The van der Waals surface area contributed by atoms with E-state index in [4.69, 9.17) is 5.11 Å². The lowest BCUT2D eigenvalue weighted by atomic mass is 10.3. The van der Waals surface area contributed by atoms with E-state index in [-0.39, 0.29) is 5.82 Å². The van der Waals surface area contributed by atoms with Gasteiger partial charge in [-0.05, 0) is 6.42 Å². The molecule has 0 aliphatic heterocycles. The van der Waals surface area contributed by atoms with Gasteiger partial charge in [-0.3, -0.25) is 0 Å². The zero-order valence-corrected chi connectivity index (χ0v) is 8.94. The standard InChI is InChI=1S/C9H9BrN2O2/c10-4-2-1-3-7-5-11-8(9(13)14)12-6-7/h1,3,5-6H,2,4H2,(H,13,14). The lowest BCUT2D eigenvalue weighted by Gasteiger charge is -1.93. The summed E-state index contributed by atoms with van der Waals surface area (Å²) in [4.78, 5) is 17.8. The molecule has 0 aliphatic carbocycles. The Bertz CT molecular complexity index is 335. The van der Waals surface area contributed by atoms with E-state index in [1.807, 2.05) is 12.2 Å². The summed E-state index contributed by atoms with van der Waals surface area (Å²) in [6.07, 6.45) is 7.71. The van der Waals surface area contributed by atoms with Crippen molar-refractivity contribution in [2.24, 2.45) is 0 Å². The van der Waals surface area contributed by atoms with Gasteiger partial charge in [-0.2, -0.15) is 0 Å². The van der Waals surface area contributed by atoms with Crippen molar-refractivity contribution in [2.45, 2.75) is 6.42 Å². The molecule has 0 radical (unpaired) electrons. The Hall–Kier alpha value is -1.23. The number of carbonyl (C=O) groups is 1. The van der Waals surface area contributed by atoms with Crippen LogP contribution in [-0.4, -0.2) is 26.4 Å². The van der Waals surface area contributed by atoms with E-state index in [0.29, 0.717) is 0 Å². The molecule has 1 aromatic rings. The largest absolute Gasteiger partial charge is 0.475 e. The van der Waals surface area contributed by atoms with Crippen LogP contribution in [0.4, 0.5) is 0 Å². The van der Waals surface area contributed by atoms with E-state index < -0.39 is 5.97 Å². The highest BCUT2D eigenvalue weighted by Gasteiger charge is 2.03. The lowest BCUT2D eigenvalue weighted by Crippen LogP contribution is -2.02. The first-order chi connectivity index (χ1) is 6.74. The van der Waals surface area contributed by atoms with Gasteiger partial charge in [-0.1, -0.05) is 28.1 Å². The molecule has 0 aliphatic rings. The molecule has 5 heteroatoms. The van der Waals surface area contributed by atoms with Crippen LogP contribution in [0.5, 0.6) is 0 Å². The molecule has 14 heavy (non-hydrogen) atoms. The summed E-state index contributed by atoms with van der Waals surface area (Å²) in [5.41, 5.74) is 0.802. The number of halogens is 1. The van der Waals surface area contributed by atoms with Gasteiger partial charge in [0.1, 0.15) is 0 Å². The Morgan fingerprint density at radius 2 is 2.14 bits per heavy atom. The van der Waals surface area contributed by atoms with Crippen molar-refractivity contribution >= 4 is 28.0 Å². The minimum Gasteiger partial charge on any atom is -0.475 e. The van der Waals surface area contributed by atoms with Crippen LogP contribution < -0.4 is 0 Å². The summed E-state index contributed by atoms with van der Waals surface area (Å²) >= 11 is 3.29. The molecular formula is C9H9BrN2O2. The predicted octanol–water partition coefficient (Wildman–Crippen LogP) is 1.97. The number of alkyl halides is 1. The van der Waals surface area contributed by atoms with Crippen LogP contribution >= 0.6 is 15.9 Å². The van der Waals surface area contributed by atoms with E-state index in [0.717, 1.165) is 17.3 Å². The Kier molecular flexibility index (Phi) is 4.25. The summed E-state index contributed by atoms with van der Waals surface area (Å²) in [7, 11) is 0. The van der Waals surface area contributed by atoms with Crippen molar-refractivity contribution in [1.82, 2.24) is 9.97 Å². The number of aromatic carboxylic acids is 1. The van der Waals surface area contributed by atoms with Crippen LogP contribution in [0, 0.1) is 0 Å². The maximum absolute atomic E-state index is 10.4. The fraction of sp³-hybridized carbons (Fsp3) is 0.222. The highest BCUT2D eigenvalue weighted by Crippen LogP contribution is 2.01. The highest BCUT2D eigenvalue weighted by molar-refractivity contribution is 9.09. The second-order valence-electron chi connectivity index (χ2n) is 2.53. The lowest BCUT2D eigenvalue weighted by molar-refractivity contribution is 0.0683. The minimum absolute atomic E-state index is 0.178. The molecule has 0 saturated carbocycles. The zero-order chi connectivity index (χ0) is 10.4. The first-order valence-electron chi connectivity index (χ1n) is 4.02. The third-order valence-electron chi connectivity index (χ3n) is 1.45. The molecular weight excluding hydrogens is 248 g/mol. The Morgan fingerprint density at radius 1 is 1.50 bits per heavy atom. The molecule has 0 fully saturated rings. The third kappa shape index (κ3) is 3.26. The van der Waals surface area contributed by atoms with Gasteiger partial charge in [-0.25, -0.2) is 14.8 Å². The second-order valence-corrected chi connectivity index (χ2v) is 3.32. The topological polar surface area (TPSA) is 63.1 Å². The van der Waals surface area contributed by atoms with Crippen LogP contribution in [0.15, 0.2) is 18.5 Å². The number of hydrogen-bond donors (Lipinski definition) is 1. The van der Waals surface area contributed by atoms with Gasteiger partial charge < -0.3 is 5.11 Å². The molecule has 1 aromatic heterocycles. The molecule has 74 valence electrons. The summed E-state index contributed by atoms with van der Waals surface area (Å²) in [5, 5.41) is 9.44. The fourth-order valence-corrected chi connectivity index (χ4v) is 1.08. The van der Waals surface area contributed by atoms with E-state index in [9.17, 15) is 4.79 Å². The average molecular weight is 257 g/mol. The van der Waals surface area contributed by atoms with Crippen LogP contribution in [0.3, 0.4) is 0 Å². The van der Waals surface area contributed by atoms with Crippen LogP contribution in [-0.2, 0) is 0 Å². The summed E-state index contributed by atoms with van der Waals surface area (Å²) in [6, 6.07) is 0. The number of carboxylic acids is 1. The van der Waals surface area contributed by atoms with Gasteiger partial charge in [0.15, 0.2) is 0 Å². The number of carboxylic acid groups (broad SMARTS) is 1. The second kappa shape index (κ2) is 5.49. The van der Waals surface area contributed by atoms with Crippen LogP contribution in [0.25, 0.3) is 6.08 Å². The highest BCUT2D eigenvalue weighted by atomic mass is 79.9. The molecule has 0 atom stereocenters. The minimum atomic E-state index is -1.11. The third-order valence-corrected chi connectivity index (χ3v) is 1.91. The number of nitrogens with zero attached hydrogens (tertiary/aromatic N) is 2. The monoisotopic (exact) mass is 256 g/mol. The molecule has 0 unspecified atom stereocenters. The summed E-state index contributed by atoms with van der Waals surface area (Å²) in [5.74, 6) is -1.29. The SMILES string of the molecule is O=C(O)c1ncc(C=CCCBr)cn1. The number of aromatic nitrogens is 2. The Balaban J connectivity index is 2.68. The van der Waals surface area contributed by atoms with Gasteiger partial charge in [0.05, 0.1) is 0 Å². The van der Waals surface area contributed by atoms with Crippen molar-refractivity contribution < 1.29 is 9.90 Å². The van der Waals surface area contributed by atoms with Crippen molar-refractivity contribution in [1.29, 1.82) is 0 Å². The van der Waals surface area contributed by atoms with Crippen molar-refractivity contribution in [3.05, 3.63) is 29.9 Å². The molecule has 0 spiro atoms. The van der Waals surface area contributed by atoms with E-state index in [1.165, 1.54) is 12.4 Å². The number of allylic oxidation sites excluding steroid dienone is 1. The van der Waals surface area contributed by atoms with Gasteiger partial charge in [-0.15, -0.1) is 0 Å². The Morgan fingerprint density at radius 3 is 2.64 bits per heavy atom. The van der Waals surface area contributed by atoms with Crippen LogP contribution in [0.2, 0.25) is 0 Å². The molecule has 0 saturated heterocycles. The summed E-state index contributed by atoms with van der Waals surface area (Å²) < 4.78 is 0. The number of hydrogen-bond acceptors (Lipinski definition) is 3. The quantitative estimate of drug-likeness (QED) is 0.837. The van der Waals surface area contributed by atoms with Crippen LogP contribution in [0.1, 0.15) is 22.6 Å². The molecule has 0 aromatic carbocycles. The molecule has 0 amide bonds. The smallest absolute Gasteiger partial charge is 0.373 e. The van der Waals surface area contributed by atoms with Gasteiger partial charge in [0.2, 0.25) is 5.82 Å². The number of rotatable bonds is 4. The van der Waals surface area contributed by atoms with Crippen molar-refractivity contribution in [3.8, 4) is 0 Å². The van der Waals surface area contributed by atoms with E-state index in [2.05, 4.69) is 25.9 Å². The average Bonchev–Trinajstić information content (AvgIpc) is 2.19.